The van der Waals surface area contributed by atoms with E-state index in [1.165, 1.54) is 12.1 Å². The lowest BCUT2D eigenvalue weighted by Crippen LogP contribution is -2.12. The van der Waals surface area contributed by atoms with Crippen LogP contribution in [0.2, 0.25) is 0 Å². The average Bonchev–Trinajstić information content (AvgIpc) is 2.43. The number of nitrogen functional groups attached to an aromatic ring is 1. The van der Waals surface area contributed by atoms with Gasteiger partial charge in [0, 0.05) is 27.5 Å². The number of benzene rings is 2. The van der Waals surface area contributed by atoms with Gasteiger partial charge in [-0.2, -0.15) is 0 Å². The van der Waals surface area contributed by atoms with Crippen LogP contribution < -0.4 is 11.1 Å². The standard InChI is InChI=1S/C13H9Br2N3O3/c14-9-3-2-8(6-12(9)18(20)21)17-13(19)7-1-4-11(16)10(15)5-7/h1-6H,16H2,(H,17,19). The molecule has 3 N–H and O–H groups in total. The maximum absolute atomic E-state index is 12.1. The van der Waals surface area contributed by atoms with Crippen molar-refractivity contribution < 1.29 is 9.72 Å². The highest BCUT2D eigenvalue weighted by atomic mass is 79.9. The molecule has 108 valence electrons. The number of nitrogens with one attached hydrogen (secondary N) is 1. The number of nitro groups is 1. The average molecular weight is 415 g/mol. The minimum absolute atomic E-state index is 0.119. The zero-order valence-electron chi connectivity index (χ0n) is 10.5. The second kappa shape index (κ2) is 6.23. The normalized spacial score (nSPS) is 10.2. The molecule has 2 rings (SSSR count). The number of amides is 1. The highest BCUT2D eigenvalue weighted by molar-refractivity contribution is 9.11. The van der Waals surface area contributed by atoms with Gasteiger partial charge in [-0.05, 0) is 62.2 Å². The molecule has 0 saturated heterocycles. The van der Waals surface area contributed by atoms with Crippen LogP contribution in [0, 0.1) is 10.1 Å². The number of carbonyl (C=O) groups is 1. The lowest BCUT2D eigenvalue weighted by Gasteiger charge is -2.07. The van der Waals surface area contributed by atoms with Gasteiger partial charge in [-0.25, -0.2) is 0 Å². The first kappa shape index (κ1) is 15.5. The Morgan fingerprint density at radius 1 is 1.14 bits per heavy atom. The zero-order chi connectivity index (χ0) is 15.6. The predicted octanol–water partition coefficient (Wildman–Crippen LogP) is 3.95. The number of anilines is 2. The largest absolute Gasteiger partial charge is 0.398 e. The second-order valence-electron chi connectivity index (χ2n) is 4.11. The first-order valence-corrected chi connectivity index (χ1v) is 7.27. The van der Waals surface area contributed by atoms with Crippen LogP contribution in [0.15, 0.2) is 45.3 Å². The lowest BCUT2D eigenvalue weighted by molar-refractivity contribution is -0.385. The minimum Gasteiger partial charge on any atom is -0.398 e. The Bertz CT molecular complexity index is 735. The summed E-state index contributed by atoms with van der Waals surface area (Å²) in [4.78, 5) is 22.4. The SMILES string of the molecule is Nc1ccc(C(=O)Nc2ccc(Br)c([N+](=O)[O-])c2)cc1Br. The highest BCUT2D eigenvalue weighted by Gasteiger charge is 2.14. The molecule has 0 aliphatic heterocycles. The molecule has 0 radical (unpaired) electrons. The molecule has 0 fully saturated rings. The van der Waals surface area contributed by atoms with Crippen LogP contribution in [-0.2, 0) is 0 Å². The van der Waals surface area contributed by atoms with E-state index in [9.17, 15) is 14.9 Å². The predicted molar refractivity (Wildman–Crippen MR) is 87.3 cm³/mol. The van der Waals surface area contributed by atoms with Crippen LogP contribution >= 0.6 is 31.9 Å². The van der Waals surface area contributed by atoms with Gasteiger partial charge in [0.2, 0.25) is 0 Å². The maximum Gasteiger partial charge on any atom is 0.285 e. The third-order valence-electron chi connectivity index (χ3n) is 2.66. The fourth-order valence-corrected chi connectivity index (χ4v) is 2.37. The first-order valence-electron chi connectivity index (χ1n) is 5.69. The van der Waals surface area contributed by atoms with E-state index < -0.39 is 4.92 Å². The summed E-state index contributed by atoms with van der Waals surface area (Å²) in [5.74, 6) is -0.382. The molecule has 0 saturated carbocycles. The molecule has 0 bridgehead atoms. The summed E-state index contributed by atoms with van der Waals surface area (Å²) in [6, 6.07) is 9.12. The Hall–Kier alpha value is -1.93. The quantitative estimate of drug-likeness (QED) is 0.451. The highest BCUT2D eigenvalue weighted by Crippen LogP contribution is 2.28. The fourth-order valence-electron chi connectivity index (χ4n) is 1.60. The number of nitrogens with two attached hydrogens (primary N) is 1. The van der Waals surface area contributed by atoms with E-state index >= 15 is 0 Å². The number of hydrogen-bond donors (Lipinski definition) is 2. The first-order chi connectivity index (χ1) is 9.88. The van der Waals surface area contributed by atoms with Gasteiger partial charge in [0.15, 0.2) is 0 Å². The van der Waals surface area contributed by atoms with E-state index in [0.29, 0.717) is 25.9 Å². The molecule has 0 unspecified atom stereocenters. The van der Waals surface area contributed by atoms with E-state index in [2.05, 4.69) is 37.2 Å². The number of nitro benzene ring substituents is 1. The van der Waals surface area contributed by atoms with E-state index in [-0.39, 0.29) is 11.6 Å². The molecular formula is C13H9Br2N3O3. The van der Waals surface area contributed by atoms with Crippen molar-refractivity contribution in [1.29, 1.82) is 0 Å². The summed E-state index contributed by atoms with van der Waals surface area (Å²) in [5.41, 5.74) is 6.78. The van der Waals surface area contributed by atoms with Gasteiger partial charge in [-0.15, -0.1) is 0 Å². The van der Waals surface area contributed by atoms with Crippen LogP contribution in [0.1, 0.15) is 10.4 Å². The molecule has 21 heavy (non-hydrogen) atoms. The summed E-state index contributed by atoms with van der Waals surface area (Å²) in [6.07, 6.45) is 0. The number of halogens is 2. The van der Waals surface area contributed by atoms with E-state index in [4.69, 9.17) is 5.73 Å². The minimum atomic E-state index is -0.528. The van der Waals surface area contributed by atoms with Crippen molar-refractivity contribution in [2.75, 3.05) is 11.1 Å². The maximum atomic E-state index is 12.1. The van der Waals surface area contributed by atoms with Crippen LogP contribution in [-0.4, -0.2) is 10.8 Å². The molecule has 1 amide bonds. The van der Waals surface area contributed by atoms with Crippen molar-refractivity contribution in [3.05, 3.63) is 61.0 Å². The van der Waals surface area contributed by atoms with Crippen molar-refractivity contribution in [3.8, 4) is 0 Å². The fraction of sp³-hybridized carbons (Fsp3) is 0. The molecule has 8 heteroatoms. The molecule has 0 aromatic heterocycles. The molecule has 0 heterocycles. The molecule has 6 nitrogen and oxygen atoms in total. The topological polar surface area (TPSA) is 98.3 Å². The van der Waals surface area contributed by atoms with Gasteiger partial charge in [0.05, 0.1) is 9.40 Å². The number of hydrogen-bond acceptors (Lipinski definition) is 4. The number of carbonyl (C=O) groups excluding carboxylic acids is 1. The van der Waals surface area contributed by atoms with Crippen molar-refractivity contribution in [2.45, 2.75) is 0 Å². The third kappa shape index (κ3) is 3.59. The summed E-state index contributed by atoms with van der Waals surface area (Å²) >= 11 is 6.32. The lowest BCUT2D eigenvalue weighted by atomic mass is 10.2. The third-order valence-corrected chi connectivity index (χ3v) is 4.02. The summed E-state index contributed by atoms with van der Waals surface area (Å²) in [7, 11) is 0. The van der Waals surface area contributed by atoms with Gasteiger partial charge in [0.1, 0.15) is 0 Å². The van der Waals surface area contributed by atoms with Crippen LogP contribution in [0.25, 0.3) is 0 Å². The van der Waals surface area contributed by atoms with Crippen LogP contribution in [0.5, 0.6) is 0 Å². The summed E-state index contributed by atoms with van der Waals surface area (Å²) in [6.45, 7) is 0. The molecule has 0 aliphatic rings. The van der Waals surface area contributed by atoms with Crippen molar-refractivity contribution >= 4 is 54.8 Å². The zero-order valence-corrected chi connectivity index (χ0v) is 13.6. The Balaban J connectivity index is 2.25. The number of nitrogens with zero attached hydrogens (tertiary/aromatic N) is 1. The van der Waals surface area contributed by atoms with Gasteiger partial charge in [-0.1, -0.05) is 0 Å². The van der Waals surface area contributed by atoms with E-state index in [0.717, 1.165) is 0 Å². The molecule has 2 aromatic carbocycles. The molecule has 0 aliphatic carbocycles. The van der Waals surface area contributed by atoms with E-state index in [1.807, 2.05) is 0 Å². The molecule has 0 atom stereocenters. The molecule has 0 spiro atoms. The molecule has 2 aromatic rings. The van der Waals surface area contributed by atoms with Crippen molar-refractivity contribution in [1.82, 2.24) is 0 Å². The summed E-state index contributed by atoms with van der Waals surface area (Å²) < 4.78 is 0.956. The van der Waals surface area contributed by atoms with Gasteiger partial charge in [-0.3, -0.25) is 14.9 Å². The Labute approximate surface area is 136 Å². The van der Waals surface area contributed by atoms with Gasteiger partial charge in [0.25, 0.3) is 11.6 Å². The number of rotatable bonds is 3. The molecular weight excluding hydrogens is 406 g/mol. The Kier molecular flexibility index (Phi) is 4.59. The monoisotopic (exact) mass is 413 g/mol. The second-order valence-corrected chi connectivity index (χ2v) is 5.82. The Morgan fingerprint density at radius 3 is 2.48 bits per heavy atom. The Morgan fingerprint density at radius 2 is 1.86 bits per heavy atom. The van der Waals surface area contributed by atoms with E-state index in [1.54, 1.807) is 24.3 Å². The van der Waals surface area contributed by atoms with Crippen LogP contribution in [0.4, 0.5) is 17.1 Å². The van der Waals surface area contributed by atoms with Crippen molar-refractivity contribution in [3.63, 3.8) is 0 Å². The summed E-state index contributed by atoms with van der Waals surface area (Å²) in [5, 5.41) is 13.5. The van der Waals surface area contributed by atoms with Crippen molar-refractivity contribution in [2.24, 2.45) is 0 Å². The van der Waals surface area contributed by atoms with Crippen LogP contribution in [0.3, 0.4) is 0 Å². The smallest absolute Gasteiger partial charge is 0.285 e. The van der Waals surface area contributed by atoms with Gasteiger partial charge >= 0.3 is 0 Å². The van der Waals surface area contributed by atoms with Gasteiger partial charge < -0.3 is 11.1 Å².